The molecule has 0 aliphatic heterocycles. The Morgan fingerprint density at radius 2 is 2.00 bits per heavy atom. The van der Waals surface area contributed by atoms with E-state index in [2.05, 4.69) is 26.7 Å². The van der Waals surface area contributed by atoms with E-state index in [0.717, 1.165) is 15.6 Å². The van der Waals surface area contributed by atoms with Gasteiger partial charge in [-0.2, -0.15) is 11.3 Å². The van der Waals surface area contributed by atoms with Crippen LogP contribution in [-0.2, 0) is 0 Å². The average molecular weight is 318 g/mol. The van der Waals surface area contributed by atoms with Crippen LogP contribution in [0.4, 0.5) is 0 Å². The minimum atomic E-state index is -0.0886. The number of hydrogen-bond donors (Lipinski definition) is 2. The lowest BCUT2D eigenvalue weighted by molar-refractivity contribution is 0.637. The van der Waals surface area contributed by atoms with Gasteiger partial charge in [0, 0.05) is 14.9 Å². The fraction of sp³-hybridized carbons (Fsp3) is 0.0909. The molecule has 2 rings (SSSR count). The summed E-state index contributed by atoms with van der Waals surface area (Å²) >= 11 is 11.3. The van der Waals surface area contributed by atoms with Gasteiger partial charge in [0.2, 0.25) is 0 Å². The number of benzene rings is 1. The summed E-state index contributed by atoms with van der Waals surface area (Å²) in [6, 6.07) is 7.60. The Morgan fingerprint density at radius 1 is 1.25 bits per heavy atom. The summed E-state index contributed by atoms with van der Waals surface area (Å²) in [5.41, 5.74) is 4.87. The summed E-state index contributed by atoms with van der Waals surface area (Å²) < 4.78 is 1.04. The fourth-order valence-corrected chi connectivity index (χ4v) is 3.35. The summed E-state index contributed by atoms with van der Waals surface area (Å²) in [4.78, 5) is 0. The van der Waals surface area contributed by atoms with E-state index in [1.807, 2.05) is 29.6 Å². The van der Waals surface area contributed by atoms with E-state index in [1.165, 1.54) is 0 Å². The van der Waals surface area contributed by atoms with Crippen LogP contribution in [0.15, 0.2) is 39.5 Å². The van der Waals surface area contributed by atoms with E-state index in [1.54, 1.807) is 11.3 Å². The molecule has 2 nitrogen and oxygen atoms in total. The molecule has 2 aromatic rings. The lowest BCUT2D eigenvalue weighted by atomic mass is 10.0. The molecule has 0 aliphatic carbocycles. The molecular formula is C11H10BrClN2S. The van der Waals surface area contributed by atoms with E-state index < -0.39 is 0 Å². The number of nitrogens with two attached hydrogens (primary N) is 1. The SMILES string of the molecule is NNC(c1ccccc1Cl)c1cscc1Br. The summed E-state index contributed by atoms with van der Waals surface area (Å²) in [6.45, 7) is 0. The number of thiophene rings is 1. The van der Waals surface area contributed by atoms with Crippen molar-refractivity contribution in [3.05, 3.63) is 55.6 Å². The van der Waals surface area contributed by atoms with E-state index >= 15 is 0 Å². The number of halogens is 2. The van der Waals surface area contributed by atoms with E-state index in [4.69, 9.17) is 17.4 Å². The second kappa shape index (κ2) is 5.29. The van der Waals surface area contributed by atoms with Gasteiger partial charge in [0.25, 0.3) is 0 Å². The van der Waals surface area contributed by atoms with Crippen molar-refractivity contribution in [1.29, 1.82) is 0 Å². The molecular weight excluding hydrogens is 308 g/mol. The van der Waals surface area contributed by atoms with Gasteiger partial charge in [-0.1, -0.05) is 29.8 Å². The van der Waals surface area contributed by atoms with Gasteiger partial charge >= 0.3 is 0 Å². The molecule has 0 spiro atoms. The normalized spacial score (nSPS) is 12.7. The third kappa shape index (κ3) is 2.31. The molecule has 16 heavy (non-hydrogen) atoms. The average Bonchev–Trinajstić information content (AvgIpc) is 2.69. The molecule has 84 valence electrons. The van der Waals surface area contributed by atoms with Gasteiger partial charge in [-0.15, -0.1) is 0 Å². The first kappa shape index (κ1) is 12.1. The van der Waals surface area contributed by atoms with Gasteiger partial charge in [-0.3, -0.25) is 5.84 Å². The summed E-state index contributed by atoms with van der Waals surface area (Å²) in [5, 5.41) is 4.79. The van der Waals surface area contributed by atoms with E-state index in [-0.39, 0.29) is 6.04 Å². The van der Waals surface area contributed by atoms with Gasteiger partial charge in [-0.25, -0.2) is 5.43 Å². The third-order valence-corrected chi connectivity index (χ3v) is 4.43. The Hall–Kier alpha value is -0.390. The number of hydrogen-bond acceptors (Lipinski definition) is 3. The van der Waals surface area contributed by atoms with Gasteiger partial charge < -0.3 is 0 Å². The topological polar surface area (TPSA) is 38.0 Å². The first-order chi connectivity index (χ1) is 7.74. The molecule has 0 bridgehead atoms. The maximum absolute atomic E-state index is 6.16. The maximum Gasteiger partial charge on any atom is 0.0743 e. The molecule has 0 amide bonds. The van der Waals surface area contributed by atoms with Crippen LogP contribution in [0.2, 0.25) is 5.02 Å². The van der Waals surface area contributed by atoms with Crippen LogP contribution in [0.5, 0.6) is 0 Å². The first-order valence-electron chi connectivity index (χ1n) is 4.66. The zero-order chi connectivity index (χ0) is 11.5. The predicted molar refractivity (Wildman–Crippen MR) is 72.6 cm³/mol. The second-order valence-corrected chi connectivity index (χ2v) is 5.30. The molecule has 1 aromatic heterocycles. The molecule has 1 atom stereocenters. The molecule has 1 aromatic carbocycles. The lowest BCUT2D eigenvalue weighted by Crippen LogP contribution is -2.28. The number of nitrogens with one attached hydrogen (secondary N) is 1. The molecule has 5 heteroatoms. The minimum Gasteiger partial charge on any atom is -0.271 e. The minimum absolute atomic E-state index is 0.0886. The maximum atomic E-state index is 6.16. The van der Waals surface area contributed by atoms with Crippen molar-refractivity contribution in [2.75, 3.05) is 0 Å². The van der Waals surface area contributed by atoms with Crippen LogP contribution in [0, 0.1) is 0 Å². The van der Waals surface area contributed by atoms with Crippen LogP contribution >= 0.6 is 38.9 Å². The molecule has 1 unspecified atom stereocenters. The summed E-state index contributed by atoms with van der Waals surface area (Å²) in [5.74, 6) is 5.61. The number of hydrazine groups is 1. The van der Waals surface area contributed by atoms with E-state index in [9.17, 15) is 0 Å². The first-order valence-corrected chi connectivity index (χ1v) is 6.77. The van der Waals surface area contributed by atoms with Gasteiger partial charge in [0.15, 0.2) is 0 Å². The molecule has 0 saturated heterocycles. The van der Waals surface area contributed by atoms with Crippen molar-refractivity contribution in [1.82, 2.24) is 5.43 Å². The predicted octanol–water partition coefficient (Wildman–Crippen LogP) is 3.72. The molecule has 0 saturated carbocycles. The van der Waals surface area contributed by atoms with Crippen molar-refractivity contribution < 1.29 is 0 Å². The molecule has 0 radical (unpaired) electrons. The Kier molecular flexibility index (Phi) is 4.00. The van der Waals surface area contributed by atoms with Crippen molar-refractivity contribution in [3.8, 4) is 0 Å². The van der Waals surface area contributed by atoms with Crippen molar-refractivity contribution >= 4 is 38.9 Å². The monoisotopic (exact) mass is 316 g/mol. The molecule has 0 aliphatic rings. The molecule has 0 fully saturated rings. The molecule has 3 N–H and O–H groups in total. The van der Waals surface area contributed by atoms with Crippen LogP contribution in [0.1, 0.15) is 17.2 Å². The van der Waals surface area contributed by atoms with Gasteiger partial charge in [0.05, 0.1) is 6.04 Å². The van der Waals surface area contributed by atoms with Crippen LogP contribution < -0.4 is 11.3 Å². The standard InChI is InChI=1S/C11H10BrClN2S/c12-9-6-16-5-8(9)11(15-14)7-3-1-2-4-10(7)13/h1-6,11,15H,14H2. The second-order valence-electron chi connectivity index (χ2n) is 3.30. The van der Waals surface area contributed by atoms with Crippen LogP contribution in [0.25, 0.3) is 0 Å². The van der Waals surface area contributed by atoms with Gasteiger partial charge in [0.1, 0.15) is 0 Å². The lowest BCUT2D eigenvalue weighted by Gasteiger charge is -2.17. The highest BCUT2D eigenvalue weighted by molar-refractivity contribution is 9.10. The quantitative estimate of drug-likeness (QED) is 0.669. The molecule has 1 heterocycles. The van der Waals surface area contributed by atoms with Gasteiger partial charge in [-0.05, 0) is 38.5 Å². The smallest absolute Gasteiger partial charge is 0.0743 e. The Labute approximate surface area is 112 Å². The zero-order valence-corrected chi connectivity index (χ0v) is 11.4. The van der Waals surface area contributed by atoms with Crippen molar-refractivity contribution in [2.45, 2.75) is 6.04 Å². The highest BCUT2D eigenvalue weighted by Crippen LogP contribution is 2.33. The Morgan fingerprint density at radius 3 is 2.56 bits per heavy atom. The van der Waals surface area contributed by atoms with Crippen LogP contribution in [0.3, 0.4) is 0 Å². The number of rotatable bonds is 3. The fourth-order valence-electron chi connectivity index (χ4n) is 1.55. The van der Waals surface area contributed by atoms with Crippen molar-refractivity contribution in [3.63, 3.8) is 0 Å². The summed E-state index contributed by atoms with van der Waals surface area (Å²) in [6.07, 6.45) is 0. The Bertz CT molecular complexity index is 486. The Balaban J connectivity index is 2.45. The zero-order valence-electron chi connectivity index (χ0n) is 8.28. The third-order valence-electron chi connectivity index (χ3n) is 2.34. The van der Waals surface area contributed by atoms with E-state index in [0.29, 0.717) is 5.02 Å². The van der Waals surface area contributed by atoms with Crippen molar-refractivity contribution in [2.24, 2.45) is 5.84 Å². The largest absolute Gasteiger partial charge is 0.271 e. The van der Waals surface area contributed by atoms with Crippen LogP contribution in [-0.4, -0.2) is 0 Å². The highest BCUT2D eigenvalue weighted by Gasteiger charge is 2.18. The summed E-state index contributed by atoms with van der Waals surface area (Å²) in [7, 11) is 0. The highest BCUT2D eigenvalue weighted by atomic mass is 79.9.